The molecule has 2 rings (SSSR count). The topological polar surface area (TPSA) is 101 Å². The summed E-state index contributed by atoms with van der Waals surface area (Å²) in [5, 5.41) is 3.35. The summed E-state index contributed by atoms with van der Waals surface area (Å²) in [6.07, 6.45) is 1.64. The van der Waals surface area contributed by atoms with Gasteiger partial charge >= 0.3 is 0 Å². The number of thiophene rings is 1. The lowest BCUT2D eigenvalue weighted by Crippen LogP contribution is -2.40. The Hall–Kier alpha value is -1.60. The summed E-state index contributed by atoms with van der Waals surface area (Å²) in [6.45, 7) is 4.49. The molecule has 1 aromatic rings. The van der Waals surface area contributed by atoms with E-state index in [4.69, 9.17) is 11.5 Å². The van der Waals surface area contributed by atoms with Gasteiger partial charge in [0.15, 0.2) is 0 Å². The summed E-state index contributed by atoms with van der Waals surface area (Å²) in [6, 6.07) is 0. The number of nitrogens with zero attached hydrogens (tertiary/aromatic N) is 1. The van der Waals surface area contributed by atoms with Crippen molar-refractivity contribution in [2.45, 2.75) is 26.3 Å². The van der Waals surface area contributed by atoms with Crippen LogP contribution in [0.25, 0.3) is 0 Å². The van der Waals surface area contributed by atoms with E-state index in [-0.39, 0.29) is 5.91 Å². The largest absolute Gasteiger partial charge is 0.390 e. The van der Waals surface area contributed by atoms with Crippen molar-refractivity contribution in [3.8, 4) is 0 Å². The van der Waals surface area contributed by atoms with E-state index >= 15 is 0 Å². The van der Waals surface area contributed by atoms with Crippen LogP contribution >= 0.6 is 11.3 Å². The lowest BCUT2D eigenvalue weighted by molar-refractivity contribution is -0.122. The van der Waals surface area contributed by atoms with Crippen LogP contribution in [0.1, 0.15) is 34.1 Å². The van der Waals surface area contributed by atoms with Gasteiger partial charge in [-0.2, -0.15) is 0 Å². The first kappa shape index (κ1) is 14.8. The standard InChI is InChI=1S/C13H20N4O2S/c1-2-4-16-10(18)7-17-5-3-8-9(6-17)20-13(15)11(8)12(14)19/h2-7,15H2,1H3,(H2,14,19)(H,16,18). The van der Waals surface area contributed by atoms with E-state index in [1.54, 1.807) is 0 Å². The molecule has 5 N–H and O–H groups in total. The Labute approximate surface area is 122 Å². The van der Waals surface area contributed by atoms with E-state index in [9.17, 15) is 9.59 Å². The average Bonchev–Trinajstić information content (AvgIpc) is 2.71. The van der Waals surface area contributed by atoms with Crippen LogP contribution in [-0.2, 0) is 17.8 Å². The van der Waals surface area contributed by atoms with Crippen molar-refractivity contribution in [2.24, 2.45) is 5.73 Å². The van der Waals surface area contributed by atoms with Gasteiger partial charge in [-0.1, -0.05) is 6.92 Å². The van der Waals surface area contributed by atoms with Crippen LogP contribution in [0.3, 0.4) is 0 Å². The van der Waals surface area contributed by atoms with Gasteiger partial charge in [0.25, 0.3) is 5.91 Å². The minimum absolute atomic E-state index is 0.0370. The van der Waals surface area contributed by atoms with Crippen molar-refractivity contribution < 1.29 is 9.59 Å². The summed E-state index contributed by atoms with van der Waals surface area (Å²) >= 11 is 1.40. The van der Waals surface area contributed by atoms with Crippen molar-refractivity contribution in [1.29, 1.82) is 0 Å². The lowest BCUT2D eigenvalue weighted by atomic mass is 10.0. The number of nitrogens with one attached hydrogen (secondary N) is 1. The van der Waals surface area contributed by atoms with E-state index in [0.29, 0.717) is 36.6 Å². The van der Waals surface area contributed by atoms with Crippen LogP contribution in [-0.4, -0.2) is 36.3 Å². The van der Waals surface area contributed by atoms with Crippen molar-refractivity contribution in [2.75, 3.05) is 25.4 Å². The molecule has 2 amide bonds. The van der Waals surface area contributed by atoms with Gasteiger partial charge in [0.2, 0.25) is 5.91 Å². The Morgan fingerprint density at radius 2 is 2.20 bits per heavy atom. The smallest absolute Gasteiger partial charge is 0.251 e. The quantitative estimate of drug-likeness (QED) is 0.728. The minimum Gasteiger partial charge on any atom is -0.390 e. The van der Waals surface area contributed by atoms with Crippen LogP contribution in [0.5, 0.6) is 0 Å². The molecule has 0 aromatic carbocycles. The van der Waals surface area contributed by atoms with E-state index in [1.165, 1.54) is 11.3 Å². The normalized spacial score (nSPS) is 14.8. The Morgan fingerprint density at radius 3 is 2.85 bits per heavy atom. The van der Waals surface area contributed by atoms with E-state index in [0.717, 1.165) is 23.4 Å². The van der Waals surface area contributed by atoms with Gasteiger partial charge in [-0.15, -0.1) is 11.3 Å². The van der Waals surface area contributed by atoms with Crippen molar-refractivity contribution in [3.63, 3.8) is 0 Å². The second-order valence-electron chi connectivity index (χ2n) is 4.92. The fraction of sp³-hybridized carbons (Fsp3) is 0.538. The molecule has 1 aliphatic heterocycles. The second-order valence-corrected chi connectivity index (χ2v) is 6.05. The maximum absolute atomic E-state index is 11.7. The Balaban J connectivity index is 2.03. The molecule has 0 bridgehead atoms. The zero-order valence-electron chi connectivity index (χ0n) is 11.6. The number of amides is 2. The third-order valence-electron chi connectivity index (χ3n) is 3.35. The predicted octanol–water partition coefficient (Wildman–Crippen LogP) is 0.314. The number of anilines is 1. The molecular formula is C13H20N4O2S. The molecule has 6 nitrogen and oxygen atoms in total. The van der Waals surface area contributed by atoms with Gasteiger partial charge in [0, 0.05) is 24.5 Å². The molecule has 0 aliphatic carbocycles. The Kier molecular flexibility index (Phi) is 4.61. The zero-order valence-corrected chi connectivity index (χ0v) is 12.4. The van der Waals surface area contributed by atoms with E-state index in [1.807, 2.05) is 6.92 Å². The van der Waals surface area contributed by atoms with Crippen molar-refractivity contribution in [3.05, 3.63) is 16.0 Å². The molecule has 0 atom stereocenters. The number of fused-ring (bicyclic) bond motifs is 1. The van der Waals surface area contributed by atoms with Crippen molar-refractivity contribution in [1.82, 2.24) is 10.2 Å². The van der Waals surface area contributed by atoms with Gasteiger partial charge in [0.05, 0.1) is 17.1 Å². The molecular weight excluding hydrogens is 276 g/mol. The first-order valence-corrected chi connectivity index (χ1v) is 7.53. The molecule has 0 saturated heterocycles. The number of carbonyl (C=O) groups is 2. The van der Waals surface area contributed by atoms with E-state index < -0.39 is 5.91 Å². The average molecular weight is 296 g/mol. The van der Waals surface area contributed by atoms with Gasteiger partial charge in [-0.05, 0) is 18.4 Å². The molecule has 0 fully saturated rings. The van der Waals surface area contributed by atoms with Gasteiger partial charge < -0.3 is 16.8 Å². The van der Waals surface area contributed by atoms with Crippen molar-refractivity contribution >= 4 is 28.2 Å². The second kappa shape index (κ2) is 6.23. The highest BCUT2D eigenvalue weighted by Gasteiger charge is 2.26. The summed E-state index contributed by atoms with van der Waals surface area (Å²) in [7, 11) is 0. The van der Waals surface area contributed by atoms with Crippen LogP contribution in [0.2, 0.25) is 0 Å². The monoisotopic (exact) mass is 296 g/mol. The molecule has 0 saturated carbocycles. The molecule has 0 radical (unpaired) electrons. The molecule has 0 unspecified atom stereocenters. The lowest BCUT2D eigenvalue weighted by Gasteiger charge is -2.26. The van der Waals surface area contributed by atoms with Crippen LogP contribution in [0.15, 0.2) is 0 Å². The molecule has 7 heteroatoms. The number of nitrogens with two attached hydrogens (primary N) is 2. The molecule has 1 aliphatic rings. The first-order valence-electron chi connectivity index (χ1n) is 6.71. The number of primary amides is 1. The predicted molar refractivity (Wildman–Crippen MR) is 79.5 cm³/mol. The molecule has 0 spiro atoms. The molecule has 1 aromatic heterocycles. The maximum atomic E-state index is 11.7. The number of rotatable bonds is 5. The minimum atomic E-state index is -0.464. The summed E-state index contributed by atoms with van der Waals surface area (Å²) in [5.41, 5.74) is 12.7. The SMILES string of the molecule is CCCNC(=O)CN1CCc2c(sc(N)c2C(N)=O)C1. The highest BCUT2D eigenvalue weighted by Crippen LogP contribution is 2.34. The number of carbonyl (C=O) groups excluding carboxylic acids is 2. The molecule has 110 valence electrons. The first-order chi connectivity index (χ1) is 9.52. The summed E-state index contributed by atoms with van der Waals surface area (Å²) < 4.78 is 0. The molecule has 20 heavy (non-hydrogen) atoms. The highest BCUT2D eigenvalue weighted by molar-refractivity contribution is 7.16. The third-order valence-corrected chi connectivity index (χ3v) is 4.39. The zero-order chi connectivity index (χ0) is 14.7. The van der Waals surface area contributed by atoms with Crippen LogP contribution in [0, 0.1) is 0 Å². The fourth-order valence-electron chi connectivity index (χ4n) is 2.41. The fourth-order valence-corrected chi connectivity index (χ4v) is 3.57. The molecule has 2 heterocycles. The number of hydrogen-bond donors (Lipinski definition) is 3. The van der Waals surface area contributed by atoms with Gasteiger partial charge in [-0.3, -0.25) is 14.5 Å². The van der Waals surface area contributed by atoms with E-state index in [2.05, 4.69) is 10.2 Å². The van der Waals surface area contributed by atoms with Gasteiger partial charge in [-0.25, -0.2) is 0 Å². The maximum Gasteiger partial charge on any atom is 0.251 e. The third kappa shape index (κ3) is 3.10. The Bertz CT molecular complexity index is 527. The Morgan fingerprint density at radius 1 is 1.45 bits per heavy atom. The number of hydrogen-bond acceptors (Lipinski definition) is 5. The van der Waals surface area contributed by atoms with Crippen LogP contribution < -0.4 is 16.8 Å². The van der Waals surface area contributed by atoms with Crippen LogP contribution in [0.4, 0.5) is 5.00 Å². The highest BCUT2D eigenvalue weighted by atomic mass is 32.1. The van der Waals surface area contributed by atoms with Gasteiger partial charge in [0.1, 0.15) is 0 Å². The number of nitrogen functional groups attached to an aromatic ring is 1. The summed E-state index contributed by atoms with van der Waals surface area (Å²) in [5.74, 6) is -0.427. The summed E-state index contributed by atoms with van der Waals surface area (Å²) in [4.78, 5) is 26.2.